The summed E-state index contributed by atoms with van der Waals surface area (Å²) >= 11 is 0. The maximum absolute atomic E-state index is 12.4. The summed E-state index contributed by atoms with van der Waals surface area (Å²) in [4.78, 5) is 16.3. The number of nitrogens with two attached hydrogens (primary N) is 1. The summed E-state index contributed by atoms with van der Waals surface area (Å²) in [5.41, 5.74) is 6.71. The number of nitrogens with zero attached hydrogens (tertiary/aromatic N) is 3. The Morgan fingerprint density at radius 1 is 1.35 bits per heavy atom. The number of hydrogen-bond donors (Lipinski definition) is 2. The molecular formula is C17H25Cl2N5O2. The molecule has 0 bridgehead atoms. The van der Waals surface area contributed by atoms with Gasteiger partial charge in [0, 0.05) is 23.7 Å². The number of anilines is 1. The molecule has 1 aromatic heterocycles. The fourth-order valence-corrected chi connectivity index (χ4v) is 2.98. The van der Waals surface area contributed by atoms with Crippen LogP contribution in [0.4, 0.5) is 5.69 Å². The van der Waals surface area contributed by atoms with E-state index in [9.17, 15) is 4.79 Å². The lowest BCUT2D eigenvalue weighted by Gasteiger charge is -2.25. The summed E-state index contributed by atoms with van der Waals surface area (Å²) in [6.45, 7) is 1.11. The van der Waals surface area contributed by atoms with E-state index in [1.165, 1.54) is 6.33 Å². The van der Waals surface area contributed by atoms with Gasteiger partial charge in [0.25, 0.3) is 0 Å². The molecule has 2 unspecified atom stereocenters. The number of nitrogens with one attached hydrogen (secondary N) is 1. The van der Waals surface area contributed by atoms with Crippen LogP contribution in [-0.2, 0) is 11.3 Å². The average Bonchev–Trinajstić information content (AvgIpc) is 3.09. The van der Waals surface area contributed by atoms with Crippen LogP contribution in [0.5, 0.6) is 5.75 Å². The van der Waals surface area contributed by atoms with Crippen LogP contribution in [0.2, 0.25) is 0 Å². The summed E-state index contributed by atoms with van der Waals surface area (Å²) in [6.07, 6.45) is 6.85. The number of amides is 1. The van der Waals surface area contributed by atoms with Crippen LogP contribution in [0.15, 0.2) is 36.9 Å². The van der Waals surface area contributed by atoms with E-state index >= 15 is 0 Å². The minimum atomic E-state index is 0. The van der Waals surface area contributed by atoms with Gasteiger partial charge in [-0.1, -0.05) is 12.5 Å². The van der Waals surface area contributed by atoms with E-state index in [0.29, 0.717) is 18.9 Å². The van der Waals surface area contributed by atoms with Gasteiger partial charge in [-0.15, -0.1) is 24.8 Å². The van der Waals surface area contributed by atoms with E-state index in [0.717, 1.165) is 31.4 Å². The van der Waals surface area contributed by atoms with Crippen molar-refractivity contribution in [3.8, 4) is 5.75 Å². The number of halogens is 2. The Kier molecular flexibility index (Phi) is 9.40. The van der Waals surface area contributed by atoms with Crippen molar-refractivity contribution in [1.29, 1.82) is 0 Å². The van der Waals surface area contributed by atoms with E-state index in [1.54, 1.807) is 11.0 Å². The van der Waals surface area contributed by atoms with Crippen LogP contribution in [0.3, 0.4) is 0 Å². The minimum absolute atomic E-state index is 0. The smallest absolute Gasteiger partial charge is 0.227 e. The molecule has 3 N–H and O–H groups in total. The number of ether oxygens (including phenoxy) is 1. The number of carbonyl (C=O) groups is 1. The quantitative estimate of drug-likeness (QED) is 0.775. The fraction of sp³-hybridized carbons (Fsp3) is 0.471. The predicted molar refractivity (Wildman–Crippen MR) is 105 cm³/mol. The molecule has 9 heteroatoms. The molecule has 1 aliphatic rings. The summed E-state index contributed by atoms with van der Waals surface area (Å²) in [6, 6.07) is 7.58. The Balaban J connectivity index is 0.00000169. The molecule has 1 aliphatic carbocycles. The number of aromatic nitrogens is 3. The van der Waals surface area contributed by atoms with Gasteiger partial charge in [-0.25, -0.2) is 9.67 Å². The van der Waals surface area contributed by atoms with Crippen molar-refractivity contribution in [2.75, 3.05) is 11.9 Å². The van der Waals surface area contributed by atoms with E-state index in [1.807, 2.05) is 24.3 Å². The van der Waals surface area contributed by atoms with Crippen molar-refractivity contribution in [3.05, 3.63) is 36.9 Å². The lowest BCUT2D eigenvalue weighted by Crippen LogP contribution is -2.34. The lowest BCUT2D eigenvalue weighted by atomic mass is 9.85. The van der Waals surface area contributed by atoms with E-state index < -0.39 is 0 Å². The number of carbonyl (C=O) groups excluding carboxylic acids is 1. The monoisotopic (exact) mass is 401 g/mol. The minimum Gasteiger partial charge on any atom is -0.492 e. The number of benzene rings is 1. The van der Waals surface area contributed by atoms with E-state index in [-0.39, 0.29) is 42.7 Å². The SMILES string of the molecule is Cl.Cl.NC1CCCC(C(=O)Nc2cccc(OCCn3cncn3)c2)C1. The van der Waals surface area contributed by atoms with Crippen molar-refractivity contribution in [2.45, 2.75) is 38.3 Å². The van der Waals surface area contributed by atoms with E-state index in [2.05, 4.69) is 15.4 Å². The zero-order valence-corrected chi connectivity index (χ0v) is 16.0. The van der Waals surface area contributed by atoms with E-state index in [4.69, 9.17) is 10.5 Å². The first-order valence-corrected chi connectivity index (χ1v) is 8.32. The normalized spacial score (nSPS) is 19.0. The third-order valence-electron chi connectivity index (χ3n) is 4.24. The van der Waals surface area contributed by atoms with Crippen LogP contribution in [0.1, 0.15) is 25.7 Å². The molecule has 26 heavy (non-hydrogen) atoms. The molecule has 1 amide bonds. The molecule has 1 heterocycles. The second-order valence-corrected chi connectivity index (χ2v) is 6.15. The van der Waals surface area contributed by atoms with Crippen molar-refractivity contribution in [2.24, 2.45) is 11.7 Å². The molecule has 0 radical (unpaired) electrons. The van der Waals surface area contributed by atoms with Gasteiger partial charge in [0.15, 0.2) is 0 Å². The number of hydrogen-bond acceptors (Lipinski definition) is 5. The highest BCUT2D eigenvalue weighted by molar-refractivity contribution is 5.92. The zero-order valence-electron chi connectivity index (χ0n) is 14.4. The Morgan fingerprint density at radius 3 is 2.92 bits per heavy atom. The first-order chi connectivity index (χ1) is 11.7. The highest BCUT2D eigenvalue weighted by atomic mass is 35.5. The predicted octanol–water partition coefficient (Wildman–Crippen LogP) is 2.66. The molecular weight excluding hydrogens is 377 g/mol. The van der Waals surface area contributed by atoms with Crippen LogP contribution >= 0.6 is 24.8 Å². The van der Waals surface area contributed by atoms with Gasteiger partial charge in [-0.05, 0) is 31.4 Å². The van der Waals surface area contributed by atoms with Gasteiger partial charge >= 0.3 is 0 Å². The maximum Gasteiger partial charge on any atom is 0.227 e. The lowest BCUT2D eigenvalue weighted by molar-refractivity contribution is -0.120. The topological polar surface area (TPSA) is 95.1 Å². The highest BCUT2D eigenvalue weighted by Gasteiger charge is 2.25. The first kappa shape index (κ1) is 22.2. The van der Waals surface area contributed by atoms with Gasteiger partial charge in [0.1, 0.15) is 25.0 Å². The molecule has 2 aromatic rings. The zero-order chi connectivity index (χ0) is 16.8. The molecule has 1 fully saturated rings. The Morgan fingerprint density at radius 2 is 2.19 bits per heavy atom. The molecule has 1 aromatic carbocycles. The van der Waals surface area contributed by atoms with Gasteiger partial charge in [-0.3, -0.25) is 4.79 Å². The van der Waals surface area contributed by atoms with Crippen LogP contribution < -0.4 is 15.8 Å². The number of rotatable bonds is 6. The van der Waals surface area contributed by atoms with Gasteiger partial charge < -0.3 is 15.8 Å². The van der Waals surface area contributed by atoms with Gasteiger partial charge in [0.2, 0.25) is 5.91 Å². The summed E-state index contributed by atoms with van der Waals surface area (Å²) in [5, 5.41) is 7.00. The average molecular weight is 402 g/mol. The summed E-state index contributed by atoms with van der Waals surface area (Å²) in [5.74, 6) is 0.767. The third kappa shape index (κ3) is 6.48. The molecule has 0 spiro atoms. The largest absolute Gasteiger partial charge is 0.492 e. The fourth-order valence-electron chi connectivity index (χ4n) is 2.98. The molecule has 0 aliphatic heterocycles. The highest BCUT2D eigenvalue weighted by Crippen LogP contribution is 2.25. The van der Waals surface area contributed by atoms with Crippen molar-refractivity contribution in [3.63, 3.8) is 0 Å². The third-order valence-corrected chi connectivity index (χ3v) is 4.24. The van der Waals surface area contributed by atoms with Crippen LogP contribution in [0.25, 0.3) is 0 Å². The Hall–Kier alpha value is -1.83. The summed E-state index contributed by atoms with van der Waals surface area (Å²) < 4.78 is 7.41. The molecule has 7 nitrogen and oxygen atoms in total. The molecule has 0 saturated heterocycles. The standard InChI is InChI=1S/C17H23N5O2.2ClH/c18-14-4-1-3-13(9-14)17(23)21-15-5-2-6-16(10-15)24-8-7-22-12-19-11-20-22;;/h2,5-6,10-14H,1,3-4,7-9,18H2,(H,21,23);2*1H. The van der Waals surface area contributed by atoms with Crippen molar-refractivity contribution >= 4 is 36.4 Å². The Bertz CT molecular complexity index is 669. The maximum atomic E-state index is 12.4. The summed E-state index contributed by atoms with van der Waals surface area (Å²) in [7, 11) is 0. The van der Waals surface area contributed by atoms with Crippen molar-refractivity contribution in [1.82, 2.24) is 14.8 Å². The van der Waals surface area contributed by atoms with Crippen LogP contribution in [0, 0.1) is 5.92 Å². The molecule has 1 saturated carbocycles. The van der Waals surface area contributed by atoms with Crippen LogP contribution in [-0.4, -0.2) is 33.3 Å². The molecule has 2 atom stereocenters. The van der Waals surface area contributed by atoms with Crippen molar-refractivity contribution < 1.29 is 9.53 Å². The Labute approximate surface area is 165 Å². The molecule has 144 valence electrons. The van der Waals surface area contributed by atoms with Gasteiger partial charge in [0.05, 0.1) is 6.54 Å². The first-order valence-electron chi connectivity index (χ1n) is 8.32. The second-order valence-electron chi connectivity index (χ2n) is 6.15. The molecule has 3 rings (SSSR count). The van der Waals surface area contributed by atoms with Gasteiger partial charge in [-0.2, -0.15) is 5.10 Å². The second kappa shape index (κ2) is 11.0.